The van der Waals surface area contributed by atoms with Crippen LogP contribution in [0.3, 0.4) is 0 Å². The van der Waals surface area contributed by atoms with Crippen LogP contribution in [0.25, 0.3) is 0 Å². The second-order valence-electron chi connectivity index (χ2n) is 8.66. The summed E-state index contributed by atoms with van der Waals surface area (Å²) in [6, 6.07) is 0. The van der Waals surface area contributed by atoms with E-state index in [2.05, 4.69) is 12.2 Å². The quantitative estimate of drug-likeness (QED) is 0.186. The zero-order valence-electron chi connectivity index (χ0n) is 18.5. The van der Waals surface area contributed by atoms with Crippen molar-refractivity contribution in [1.29, 1.82) is 0 Å². The van der Waals surface area contributed by atoms with Crippen LogP contribution in [-0.2, 0) is 14.9 Å². The van der Waals surface area contributed by atoms with Gasteiger partial charge in [0.25, 0.3) is 10.1 Å². The van der Waals surface area contributed by atoms with Gasteiger partial charge in [0.1, 0.15) is 0 Å². The lowest BCUT2D eigenvalue weighted by atomic mass is 10.1. The number of hydrogen-bond acceptors (Lipinski definition) is 3. The third-order valence-electron chi connectivity index (χ3n) is 5.21. The minimum atomic E-state index is -3.89. The van der Waals surface area contributed by atoms with Crippen LogP contribution in [0.15, 0.2) is 0 Å². The normalized spacial score (nSPS) is 12.3. The Morgan fingerprint density at radius 2 is 1.32 bits per heavy atom. The highest BCUT2D eigenvalue weighted by Crippen LogP contribution is 2.11. The van der Waals surface area contributed by atoms with Crippen molar-refractivity contribution in [2.75, 3.05) is 39.5 Å². The number of quaternary nitrogens is 1. The maximum absolute atomic E-state index is 11.9. The average Bonchev–Trinajstić information content (AvgIpc) is 2.58. The van der Waals surface area contributed by atoms with E-state index in [0.717, 1.165) is 19.4 Å². The number of amides is 1. The molecule has 0 aliphatic carbocycles. The number of nitrogens with one attached hydrogen (secondary N) is 1. The molecule has 0 rings (SSSR count). The van der Waals surface area contributed by atoms with Crippen molar-refractivity contribution in [3.63, 3.8) is 0 Å². The van der Waals surface area contributed by atoms with Crippen molar-refractivity contribution in [2.45, 2.75) is 90.4 Å². The number of nitrogens with zero attached hydrogens (tertiary/aromatic N) is 1. The molecular weight excluding hydrogens is 376 g/mol. The highest BCUT2D eigenvalue weighted by molar-refractivity contribution is 7.85. The van der Waals surface area contributed by atoms with Gasteiger partial charge in [0.2, 0.25) is 5.91 Å². The summed E-state index contributed by atoms with van der Waals surface area (Å²) in [5, 5.41) is 2.96. The van der Waals surface area contributed by atoms with E-state index >= 15 is 0 Å². The van der Waals surface area contributed by atoms with Crippen molar-refractivity contribution in [2.24, 2.45) is 0 Å². The first-order valence-electron chi connectivity index (χ1n) is 11.2. The monoisotopic (exact) mass is 421 g/mol. The Morgan fingerprint density at radius 1 is 0.821 bits per heavy atom. The van der Waals surface area contributed by atoms with Gasteiger partial charge >= 0.3 is 0 Å². The molecule has 0 aromatic rings. The smallest absolute Gasteiger partial charge is 0.265 e. The van der Waals surface area contributed by atoms with E-state index in [1.807, 2.05) is 14.1 Å². The fraction of sp³-hybridized carbons (Fsp3) is 0.952. The van der Waals surface area contributed by atoms with Crippen LogP contribution >= 0.6 is 0 Å². The van der Waals surface area contributed by atoms with Gasteiger partial charge in [-0.2, -0.15) is 8.42 Å². The molecule has 0 saturated carbocycles. The summed E-state index contributed by atoms with van der Waals surface area (Å²) >= 11 is 0. The molecule has 7 heteroatoms. The first-order valence-corrected chi connectivity index (χ1v) is 12.8. The van der Waals surface area contributed by atoms with Gasteiger partial charge in [-0.3, -0.25) is 9.35 Å². The molecule has 0 unspecified atom stereocenters. The highest BCUT2D eigenvalue weighted by atomic mass is 32.2. The number of carbonyl (C=O) groups is 1. The lowest BCUT2D eigenvalue weighted by Crippen LogP contribution is -2.46. The van der Waals surface area contributed by atoms with E-state index in [1.165, 1.54) is 57.8 Å². The predicted molar refractivity (Wildman–Crippen MR) is 117 cm³/mol. The molecule has 0 aliphatic rings. The van der Waals surface area contributed by atoms with E-state index in [1.54, 1.807) is 0 Å². The standard InChI is InChI=1S/C21H44N2O4S/c1-4-5-6-7-8-9-10-11-12-13-14-16-21(24)22-17-19-23(2,3)18-15-20-28(25,26)27/h4-20H2,1-3H3,(H-,22,24,25,26,27)/p+1. The van der Waals surface area contributed by atoms with Crippen molar-refractivity contribution in [3.05, 3.63) is 0 Å². The summed E-state index contributed by atoms with van der Waals surface area (Å²) < 4.78 is 30.9. The van der Waals surface area contributed by atoms with Gasteiger partial charge in [-0.1, -0.05) is 71.1 Å². The second kappa shape index (κ2) is 16.2. The van der Waals surface area contributed by atoms with Crippen LogP contribution in [0.1, 0.15) is 90.4 Å². The highest BCUT2D eigenvalue weighted by Gasteiger charge is 2.16. The first kappa shape index (κ1) is 27.3. The number of unbranched alkanes of at least 4 members (excludes halogenated alkanes) is 10. The molecule has 0 aromatic carbocycles. The number of carbonyl (C=O) groups excluding carboxylic acids is 1. The molecule has 0 bridgehead atoms. The summed E-state index contributed by atoms with van der Waals surface area (Å²) in [6.45, 7) is 4.23. The molecule has 0 saturated heterocycles. The van der Waals surface area contributed by atoms with Crippen LogP contribution in [-0.4, -0.2) is 62.8 Å². The maximum Gasteiger partial charge on any atom is 0.265 e. The lowest BCUT2D eigenvalue weighted by molar-refractivity contribution is -0.889. The van der Waals surface area contributed by atoms with Crippen molar-refractivity contribution in [1.82, 2.24) is 5.32 Å². The molecule has 1 amide bonds. The molecule has 0 aromatic heterocycles. The van der Waals surface area contributed by atoms with Gasteiger partial charge in [-0.15, -0.1) is 0 Å². The molecule has 0 atom stereocenters. The van der Waals surface area contributed by atoms with Crippen molar-refractivity contribution in [3.8, 4) is 0 Å². The van der Waals surface area contributed by atoms with Crippen LogP contribution in [0, 0.1) is 0 Å². The van der Waals surface area contributed by atoms with Gasteiger partial charge in [0.15, 0.2) is 0 Å². The van der Waals surface area contributed by atoms with Crippen LogP contribution in [0.2, 0.25) is 0 Å². The largest absolute Gasteiger partial charge is 0.350 e. The third-order valence-corrected chi connectivity index (χ3v) is 6.02. The molecule has 0 heterocycles. The summed E-state index contributed by atoms with van der Waals surface area (Å²) in [4.78, 5) is 11.9. The van der Waals surface area contributed by atoms with Gasteiger partial charge in [0.05, 0.1) is 39.5 Å². The topological polar surface area (TPSA) is 83.5 Å². The van der Waals surface area contributed by atoms with E-state index in [4.69, 9.17) is 4.55 Å². The van der Waals surface area contributed by atoms with E-state index in [0.29, 0.717) is 30.4 Å². The average molecular weight is 422 g/mol. The van der Waals surface area contributed by atoms with Gasteiger partial charge in [0, 0.05) is 12.8 Å². The van der Waals surface area contributed by atoms with E-state index in [-0.39, 0.29) is 11.7 Å². The zero-order valence-corrected chi connectivity index (χ0v) is 19.4. The predicted octanol–water partition coefficient (Wildman–Crippen LogP) is 4.16. The fourth-order valence-electron chi connectivity index (χ4n) is 3.32. The summed E-state index contributed by atoms with van der Waals surface area (Å²) in [5.41, 5.74) is 0. The third kappa shape index (κ3) is 20.1. The molecule has 0 spiro atoms. The molecule has 0 fully saturated rings. The summed E-state index contributed by atoms with van der Waals surface area (Å²) in [5.74, 6) is -0.103. The molecule has 2 N–H and O–H groups in total. The number of rotatable bonds is 19. The van der Waals surface area contributed by atoms with Gasteiger partial charge in [-0.05, 0) is 6.42 Å². The van der Waals surface area contributed by atoms with Crippen LogP contribution in [0.5, 0.6) is 0 Å². The van der Waals surface area contributed by atoms with E-state index in [9.17, 15) is 13.2 Å². The minimum Gasteiger partial charge on any atom is -0.350 e. The Balaban J connectivity index is 3.52. The number of hydrogen-bond donors (Lipinski definition) is 2. The fourth-order valence-corrected chi connectivity index (χ4v) is 3.82. The summed E-state index contributed by atoms with van der Waals surface area (Å²) in [7, 11) is 0.114. The second-order valence-corrected chi connectivity index (χ2v) is 10.2. The molecular formula is C21H45N2O4S+. The Hall–Kier alpha value is -0.660. The minimum absolute atomic E-state index is 0.105. The van der Waals surface area contributed by atoms with Crippen LogP contribution in [0.4, 0.5) is 0 Å². The lowest BCUT2D eigenvalue weighted by Gasteiger charge is -2.29. The van der Waals surface area contributed by atoms with Gasteiger partial charge in [-0.25, -0.2) is 0 Å². The Kier molecular flexibility index (Phi) is 15.8. The Morgan fingerprint density at radius 3 is 1.82 bits per heavy atom. The molecule has 6 nitrogen and oxygen atoms in total. The van der Waals surface area contributed by atoms with Crippen LogP contribution < -0.4 is 5.32 Å². The molecule has 0 radical (unpaired) electrons. The first-order chi connectivity index (χ1) is 13.2. The van der Waals surface area contributed by atoms with Crippen molar-refractivity contribution < 1.29 is 22.2 Å². The SMILES string of the molecule is CCCCCCCCCCCCCC(=O)NCC[N+](C)(C)CCCS(=O)(=O)O. The zero-order chi connectivity index (χ0) is 21.3. The molecule has 0 aliphatic heterocycles. The van der Waals surface area contributed by atoms with Gasteiger partial charge < -0.3 is 9.80 Å². The molecule has 28 heavy (non-hydrogen) atoms. The Bertz CT molecular complexity index is 493. The Labute approximate surface area is 173 Å². The number of likely N-dealkylation sites (N-methyl/N-ethyl adjacent to an activating group) is 1. The van der Waals surface area contributed by atoms with E-state index < -0.39 is 10.1 Å². The van der Waals surface area contributed by atoms with Crippen molar-refractivity contribution >= 4 is 16.0 Å². The maximum atomic E-state index is 11.9. The summed E-state index contributed by atoms with van der Waals surface area (Å²) in [6.07, 6.45) is 15.1. The molecule has 168 valence electrons.